The van der Waals surface area contributed by atoms with Crippen LogP contribution in [0.2, 0.25) is 0 Å². The number of para-hydroxylation sites is 3. The number of amides is 1. The van der Waals surface area contributed by atoms with E-state index < -0.39 is 5.25 Å². The predicted molar refractivity (Wildman–Crippen MR) is 140 cm³/mol. The third-order valence-electron chi connectivity index (χ3n) is 5.67. The highest BCUT2D eigenvalue weighted by molar-refractivity contribution is 8.00. The van der Waals surface area contributed by atoms with Gasteiger partial charge in [0, 0.05) is 21.4 Å². The van der Waals surface area contributed by atoms with Gasteiger partial charge in [-0.1, -0.05) is 66.0 Å². The van der Waals surface area contributed by atoms with Crippen LogP contribution in [0.25, 0.3) is 10.9 Å². The Morgan fingerprint density at radius 1 is 0.972 bits per heavy atom. The quantitative estimate of drug-likeness (QED) is 0.238. The molecule has 1 aliphatic heterocycles. The van der Waals surface area contributed by atoms with Crippen molar-refractivity contribution in [2.45, 2.75) is 33.8 Å². The lowest BCUT2D eigenvalue weighted by molar-refractivity contribution is -0.117. The lowest BCUT2D eigenvalue weighted by Gasteiger charge is -2.32. The summed E-state index contributed by atoms with van der Waals surface area (Å²) < 4.78 is 11.7. The smallest absolute Gasteiger partial charge is 0.277 e. The monoisotopic (exact) mass is 512 g/mol. The Morgan fingerprint density at radius 3 is 2.47 bits per heavy atom. The number of rotatable bonds is 6. The highest BCUT2D eigenvalue weighted by Gasteiger charge is 2.32. The molecular formula is C27H20N4O3S2. The Balaban J connectivity index is 1.17. The molecule has 1 unspecified atom stereocenters. The molecule has 0 N–H and O–H groups in total. The highest BCUT2D eigenvalue weighted by atomic mass is 32.2. The molecular weight excluding hydrogens is 492 g/mol. The molecule has 2 aromatic heterocycles. The number of ether oxygens (including phenoxy) is 1. The second kappa shape index (κ2) is 9.67. The Bertz CT molecular complexity index is 1520. The molecule has 0 spiro atoms. The molecule has 1 atom stereocenters. The molecule has 5 aromatic rings. The maximum Gasteiger partial charge on any atom is 0.277 e. The highest BCUT2D eigenvalue weighted by Crippen LogP contribution is 2.48. The van der Waals surface area contributed by atoms with Crippen molar-refractivity contribution in [2.24, 2.45) is 0 Å². The normalized spacial score (nSPS) is 13.2. The minimum atomic E-state index is -0.453. The van der Waals surface area contributed by atoms with Gasteiger partial charge >= 0.3 is 0 Å². The van der Waals surface area contributed by atoms with Gasteiger partial charge in [0.25, 0.3) is 11.1 Å². The van der Waals surface area contributed by atoms with E-state index in [0.29, 0.717) is 16.9 Å². The van der Waals surface area contributed by atoms with Gasteiger partial charge in [0.15, 0.2) is 6.61 Å². The average Bonchev–Trinajstić information content (AvgIpc) is 3.37. The first-order valence-corrected chi connectivity index (χ1v) is 13.0. The standard InChI is InChI=1S/C27H20N4O3S2/c1-17(26(32)31-19-10-2-4-13-22(19)36-23-14-5-3-11-20(23)31)35-27-30-29-24(34-27)16-33-21-12-6-8-18-9-7-15-28-25(18)21/h2-15,17H,16H2,1H3. The fraction of sp³-hybridized carbons (Fsp3) is 0.111. The first kappa shape index (κ1) is 22.6. The minimum Gasteiger partial charge on any atom is -0.482 e. The van der Waals surface area contributed by atoms with Crippen LogP contribution in [0.15, 0.2) is 104 Å². The topological polar surface area (TPSA) is 81.4 Å². The molecule has 1 amide bonds. The van der Waals surface area contributed by atoms with Crippen LogP contribution in [-0.4, -0.2) is 26.3 Å². The van der Waals surface area contributed by atoms with Gasteiger partial charge in [0.05, 0.1) is 16.6 Å². The molecule has 3 heterocycles. The first-order valence-electron chi connectivity index (χ1n) is 11.3. The van der Waals surface area contributed by atoms with Gasteiger partial charge in [-0.25, -0.2) is 0 Å². The summed E-state index contributed by atoms with van der Waals surface area (Å²) in [6.07, 6.45) is 1.73. The number of hydrogen-bond acceptors (Lipinski definition) is 8. The summed E-state index contributed by atoms with van der Waals surface area (Å²) in [7, 11) is 0. The summed E-state index contributed by atoms with van der Waals surface area (Å²) in [6, 6.07) is 25.5. The van der Waals surface area contributed by atoms with Gasteiger partial charge in [-0.05, 0) is 43.3 Å². The van der Waals surface area contributed by atoms with Crippen LogP contribution in [0.4, 0.5) is 11.4 Å². The molecule has 178 valence electrons. The molecule has 6 rings (SSSR count). The number of fused-ring (bicyclic) bond motifs is 3. The molecule has 0 radical (unpaired) electrons. The third-order valence-corrected chi connectivity index (χ3v) is 7.73. The Morgan fingerprint density at radius 2 is 1.69 bits per heavy atom. The van der Waals surface area contributed by atoms with Gasteiger partial charge in [0.1, 0.15) is 11.3 Å². The fourth-order valence-electron chi connectivity index (χ4n) is 4.00. The lowest BCUT2D eigenvalue weighted by atomic mass is 10.2. The van der Waals surface area contributed by atoms with Crippen molar-refractivity contribution in [1.82, 2.24) is 15.2 Å². The number of aromatic nitrogens is 3. The van der Waals surface area contributed by atoms with Gasteiger partial charge < -0.3 is 9.15 Å². The molecule has 0 aliphatic carbocycles. The van der Waals surface area contributed by atoms with Crippen LogP contribution in [0, 0.1) is 0 Å². The van der Waals surface area contributed by atoms with Crippen LogP contribution in [-0.2, 0) is 11.4 Å². The summed E-state index contributed by atoms with van der Waals surface area (Å²) in [5.74, 6) is 0.914. The predicted octanol–water partition coefficient (Wildman–Crippen LogP) is 6.51. The number of anilines is 2. The zero-order valence-electron chi connectivity index (χ0n) is 19.2. The van der Waals surface area contributed by atoms with Gasteiger partial charge in [-0.3, -0.25) is 14.7 Å². The number of carbonyl (C=O) groups is 1. The van der Waals surface area contributed by atoms with E-state index in [0.717, 1.165) is 32.1 Å². The zero-order chi connectivity index (χ0) is 24.5. The molecule has 1 aliphatic rings. The van der Waals surface area contributed by atoms with Crippen molar-refractivity contribution in [3.63, 3.8) is 0 Å². The van der Waals surface area contributed by atoms with Crippen molar-refractivity contribution in [2.75, 3.05) is 4.90 Å². The summed E-state index contributed by atoms with van der Waals surface area (Å²) in [5.41, 5.74) is 2.53. The van der Waals surface area contributed by atoms with Crippen LogP contribution >= 0.6 is 23.5 Å². The van der Waals surface area contributed by atoms with Gasteiger partial charge in [-0.15, -0.1) is 10.2 Å². The summed E-state index contributed by atoms with van der Waals surface area (Å²) in [6.45, 7) is 1.96. The molecule has 36 heavy (non-hydrogen) atoms. The number of hydrogen-bond donors (Lipinski definition) is 0. The molecule has 7 nitrogen and oxygen atoms in total. The van der Waals surface area contributed by atoms with E-state index in [-0.39, 0.29) is 12.5 Å². The van der Waals surface area contributed by atoms with Crippen molar-refractivity contribution in [3.8, 4) is 5.75 Å². The van der Waals surface area contributed by atoms with E-state index in [1.54, 1.807) is 22.9 Å². The van der Waals surface area contributed by atoms with Crippen LogP contribution in [0.3, 0.4) is 0 Å². The van der Waals surface area contributed by atoms with E-state index in [4.69, 9.17) is 9.15 Å². The number of pyridine rings is 1. The number of carbonyl (C=O) groups excluding carboxylic acids is 1. The van der Waals surface area contributed by atoms with E-state index in [1.807, 2.05) is 85.8 Å². The number of benzene rings is 3. The maximum absolute atomic E-state index is 13.6. The third kappa shape index (κ3) is 4.31. The summed E-state index contributed by atoms with van der Waals surface area (Å²) in [5, 5.41) is 9.07. The molecule has 9 heteroatoms. The minimum absolute atomic E-state index is 0.0574. The van der Waals surface area contributed by atoms with Crippen molar-refractivity contribution < 1.29 is 13.9 Å². The van der Waals surface area contributed by atoms with Crippen molar-refractivity contribution >= 4 is 51.7 Å². The molecule has 0 bridgehead atoms. The SMILES string of the molecule is CC(Sc1nnc(COc2cccc3cccnc23)o1)C(=O)N1c2ccccc2Sc2ccccc21. The first-order chi connectivity index (χ1) is 17.7. The molecule has 0 saturated heterocycles. The van der Waals surface area contributed by atoms with E-state index in [1.165, 1.54) is 11.8 Å². The van der Waals surface area contributed by atoms with E-state index >= 15 is 0 Å². The molecule has 0 fully saturated rings. The lowest BCUT2D eigenvalue weighted by Crippen LogP contribution is -2.34. The average molecular weight is 513 g/mol. The molecule has 0 saturated carbocycles. The van der Waals surface area contributed by atoms with Crippen LogP contribution < -0.4 is 9.64 Å². The maximum atomic E-state index is 13.6. The summed E-state index contributed by atoms with van der Waals surface area (Å²) >= 11 is 2.90. The summed E-state index contributed by atoms with van der Waals surface area (Å²) in [4.78, 5) is 21.9. The van der Waals surface area contributed by atoms with Crippen molar-refractivity contribution in [3.05, 3.63) is 91.0 Å². The van der Waals surface area contributed by atoms with Crippen LogP contribution in [0.5, 0.6) is 5.75 Å². The van der Waals surface area contributed by atoms with Crippen LogP contribution in [0.1, 0.15) is 12.8 Å². The largest absolute Gasteiger partial charge is 0.482 e. The number of nitrogens with zero attached hydrogens (tertiary/aromatic N) is 4. The fourth-order valence-corrected chi connectivity index (χ4v) is 5.80. The molecule has 3 aromatic carbocycles. The van der Waals surface area contributed by atoms with Gasteiger partial charge in [-0.2, -0.15) is 0 Å². The Kier molecular flexibility index (Phi) is 6.08. The van der Waals surface area contributed by atoms with E-state index in [2.05, 4.69) is 15.2 Å². The Labute approximate surface area is 215 Å². The van der Waals surface area contributed by atoms with E-state index in [9.17, 15) is 4.79 Å². The van der Waals surface area contributed by atoms with Gasteiger partial charge in [0.2, 0.25) is 5.91 Å². The zero-order valence-corrected chi connectivity index (χ0v) is 20.8. The second-order valence-electron chi connectivity index (χ2n) is 8.05. The number of thioether (sulfide) groups is 1. The second-order valence-corrected chi connectivity index (χ2v) is 10.4. The van der Waals surface area contributed by atoms with Crippen molar-refractivity contribution in [1.29, 1.82) is 0 Å². The Hall–Kier alpha value is -3.82.